The van der Waals surface area contributed by atoms with Crippen LogP contribution < -0.4 is 5.73 Å². The Morgan fingerprint density at radius 1 is 1.09 bits per heavy atom. The summed E-state index contributed by atoms with van der Waals surface area (Å²) in [5.74, 6) is 0. The minimum absolute atomic E-state index is 0.801. The van der Waals surface area contributed by atoms with Crippen LogP contribution in [0.2, 0.25) is 0 Å². The molecule has 2 aromatic rings. The first kappa shape index (κ1) is 17.7. The minimum Gasteiger partial charge on any atom is -0.330 e. The molecule has 0 aliphatic heterocycles. The first-order valence-electron chi connectivity index (χ1n) is 9.01. The molecule has 0 spiro atoms. The molecule has 0 bridgehead atoms. The van der Waals surface area contributed by atoms with Crippen LogP contribution in [0.5, 0.6) is 0 Å². The van der Waals surface area contributed by atoms with E-state index in [1.165, 1.54) is 54.2 Å². The summed E-state index contributed by atoms with van der Waals surface area (Å²) in [6.45, 7) is 7.27. The maximum atomic E-state index is 5.53. The number of nitrogens with two attached hydrogens (primary N) is 1. The summed E-state index contributed by atoms with van der Waals surface area (Å²) in [4.78, 5) is 4.65. The average molecular weight is 310 g/mol. The Morgan fingerprint density at radius 2 is 1.91 bits per heavy atom. The Bertz CT molecular complexity index is 631. The maximum absolute atomic E-state index is 5.53. The van der Waals surface area contributed by atoms with E-state index in [2.05, 4.69) is 42.8 Å². The van der Waals surface area contributed by atoms with E-state index < -0.39 is 0 Å². The lowest BCUT2D eigenvalue weighted by Gasteiger charge is -2.08. The zero-order valence-electron chi connectivity index (χ0n) is 14.5. The second-order valence-electron chi connectivity index (χ2n) is 6.41. The summed E-state index contributed by atoms with van der Waals surface area (Å²) in [5, 5.41) is 1.21. The van der Waals surface area contributed by atoms with Crippen LogP contribution in [0.4, 0.5) is 0 Å². The molecular weight excluding hydrogens is 280 g/mol. The standard InChI is InChI=1S/C21H30N2/c1-3-4-10-18-11-12-19-15-20(16-23-21(19)14-18)17(2)9-7-5-6-8-13-22/h11-12,14-16H,2-10,13,22H2,1H3. The fourth-order valence-electron chi connectivity index (χ4n) is 2.88. The summed E-state index contributed by atoms with van der Waals surface area (Å²) < 4.78 is 0. The van der Waals surface area contributed by atoms with Crippen molar-refractivity contribution in [1.82, 2.24) is 4.98 Å². The molecule has 0 saturated carbocycles. The van der Waals surface area contributed by atoms with Crippen molar-refractivity contribution in [2.45, 2.75) is 58.3 Å². The van der Waals surface area contributed by atoms with Gasteiger partial charge in [-0.3, -0.25) is 4.98 Å². The van der Waals surface area contributed by atoms with Crippen LogP contribution in [0.15, 0.2) is 37.0 Å². The van der Waals surface area contributed by atoms with Crippen molar-refractivity contribution in [3.05, 3.63) is 48.2 Å². The van der Waals surface area contributed by atoms with E-state index in [9.17, 15) is 0 Å². The molecule has 0 fully saturated rings. The van der Waals surface area contributed by atoms with Crippen LogP contribution in [0, 0.1) is 0 Å². The molecule has 2 rings (SSSR count). The summed E-state index contributed by atoms with van der Waals surface area (Å²) in [6, 6.07) is 8.89. The van der Waals surface area contributed by atoms with Crippen molar-refractivity contribution in [3.63, 3.8) is 0 Å². The number of unbranched alkanes of at least 4 members (excludes halogenated alkanes) is 4. The molecule has 0 aliphatic rings. The molecule has 2 nitrogen and oxygen atoms in total. The lowest BCUT2D eigenvalue weighted by Crippen LogP contribution is -1.97. The van der Waals surface area contributed by atoms with Crippen LogP contribution in [0.25, 0.3) is 16.5 Å². The molecular formula is C21H30N2. The number of rotatable bonds is 10. The Morgan fingerprint density at radius 3 is 2.70 bits per heavy atom. The van der Waals surface area contributed by atoms with E-state index in [0.717, 1.165) is 31.3 Å². The SMILES string of the molecule is C=C(CCCCCCN)c1cnc2cc(CCCC)ccc2c1. The highest BCUT2D eigenvalue weighted by Crippen LogP contribution is 2.23. The molecule has 0 saturated heterocycles. The number of nitrogens with zero attached hydrogens (tertiary/aromatic N) is 1. The Kier molecular flexibility index (Phi) is 7.28. The van der Waals surface area contributed by atoms with Gasteiger partial charge in [0.05, 0.1) is 5.52 Å². The van der Waals surface area contributed by atoms with Gasteiger partial charge in [-0.25, -0.2) is 0 Å². The lowest BCUT2D eigenvalue weighted by molar-refractivity contribution is 0.656. The van der Waals surface area contributed by atoms with Gasteiger partial charge in [0.15, 0.2) is 0 Å². The van der Waals surface area contributed by atoms with E-state index in [1.54, 1.807) is 0 Å². The van der Waals surface area contributed by atoms with Crippen LogP contribution in [0.1, 0.15) is 63.0 Å². The highest BCUT2D eigenvalue weighted by atomic mass is 14.6. The third-order valence-corrected chi connectivity index (χ3v) is 4.41. The quantitative estimate of drug-likeness (QED) is 0.588. The number of allylic oxidation sites excluding steroid dienone is 1. The highest BCUT2D eigenvalue weighted by molar-refractivity contribution is 5.82. The van der Waals surface area contributed by atoms with E-state index in [4.69, 9.17) is 5.73 Å². The van der Waals surface area contributed by atoms with Crippen LogP contribution >= 0.6 is 0 Å². The molecule has 0 amide bonds. The average Bonchev–Trinajstić information content (AvgIpc) is 2.59. The van der Waals surface area contributed by atoms with E-state index in [0.29, 0.717) is 0 Å². The first-order valence-corrected chi connectivity index (χ1v) is 9.01. The van der Waals surface area contributed by atoms with E-state index in [-0.39, 0.29) is 0 Å². The normalized spacial score (nSPS) is 11.0. The first-order chi connectivity index (χ1) is 11.2. The van der Waals surface area contributed by atoms with Gasteiger partial charge in [0.2, 0.25) is 0 Å². The van der Waals surface area contributed by atoms with Gasteiger partial charge in [0, 0.05) is 11.6 Å². The molecule has 0 atom stereocenters. The molecule has 2 heteroatoms. The summed E-state index contributed by atoms with van der Waals surface area (Å²) in [7, 11) is 0. The number of benzene rings is 1. The van der Waals surface area contributed by atoms with Crippen molar-refractivity contribution in [1.29, 1.82) is 0 Å². The summed E-state index contributed by atoms with van der Waals surface area (Å²) >= 11 is 0. The second-order valence-corrected chi connectivity index (χ2v) is 6.41. The van der Waals surface area contributed by atoms with Gasteiger partial charge in [-0.15, -0.1) is 0 Å². The van der Waals surface area contributed by atoms with Gasteiger partial charge in [-0.05, 0) is 67.5 Å². The van der Waals surface area contributed by atoms with Crippen molar-refractivity contribution in [2.24, 2.45) is 5.73 Å². The fraction of sp³-hybridized carbons (Fsp3) is 0.476. The molecule has 23 heavy (non-hydrogen) atoms. The highest BCUT2D eigenvalue weighted by Gasteiger charge is 2.03. The molecule has 2 N–H and O–H groups in total. The second kappa shape index (κ2) is 9.46. The Labute approximate surface area is 140 Å². The van der Waals surface area contributed by atoms with Crippen LogP contribution in [-0.2, 0) is 6.42 Å². The summed E-state index contributed by atoms with van der Waals surface area (Å²) in [5.41, 5.74) is 10.4. The van der Waals surface area contributed by atoms with E-state index in [1.807, 2.05) is 6.20 Å². The third kappa shape index (κ3) is 5.47. The number of fused-ring (bicyclic) bond motifs is 1. The molecule has 1 aromatic heterocycles. The molecule has 1 heterocycles. The van der Waals surface area contributed by atoms with Gasteiger partial charge in [-0.2, -0.15) is 0 Å². The topological polar surface area (TPSA) is 38.9 Å². The zero-order valence-corrected chi connectivity index (χ0v) is 14.5. The van der Waals surface area contributed by atoms with Crippen LogP contribution in [-0.4, -0.2) is 11.5 Å². The fourth-order valence-corrected chi connectivity index (χ4v) is 2.88. The third-order valence-electron chi connectivity index (χ3n) is 4.41. The Balaban J connectivity index is 1.98. The number of hydrogen-bond acceptors (Lipinski definition) is 2. The summed E-state index contributed by atoms with van der Waals surface area (Å²) in [6.07, 6.45) is 11.4. The van der Waals surface area contributed by atoms with Gasteiger partial charge in [-0.1, -0.05) is 44.9 Å². The monoisotopic (exact) mass is 310 g/mol. The predicted octanol–water partition coefficient (Wildman–Crippen LogP) is 5.50. The van der Waals surface area contributed by atoms with E-state index >= 15 is 0 Å². The number of aromatic nitrogens is 1. The molecule has 0 unspecified atom stereocenters. The van der Waals surface area contributed by atoms with Gasteiger partial charge in [0.25, 0.3) is 0 Å². The number of pyridine rings is 1. The van der Waals surface area contributed by atoms with Gasteiger partial charge >= 0.3 is 0 Å². The Hall–Kier alpha value is -1.67. The molecule has 1 aromatic carbocycles. The number of aryl methyl sites for hydroxylation is 1. The van der Waals surface area contributed by atoms with Crippen molar-refractivity contribution in [2.75, 3.05) is 6.54 Å². The van der Waals surface area contributed by atoms with Crippen LogP contribution in [0.3, 0.4) is 0 Å². The van der Waals surface area contributed by atoms with Crippen molar-refractivity contribution < 1.29 is 0 Å². The smallest absolute Gasteiger partial charge is 0.0705 e. The zero-order chi connectivity index (χ0) is 16.5. The van der Waals surface area contributed by atoms with Gasteiger partial charge < -0.3 is 5.73 Å². The maximum Gasteiger partial charge on any atom is 0.0705 e. The molecule has 0 aliphatic carbocycles. The minimum atomic E-state index is 0.801. The molecule has 0 radical (unpaired) electrons. The number of hydrogen-bond donors (Lipinski definition) is 1. The molecule has 124 valence electrons. The van der Waals surface area contributed by atoms with Gasteiger partial charge in [0.1, 0.15) is 0 Å². The largest absolute Gasteiger partial charge is 0.330 e. The predicted molar refractivity (Wildman–Crippen MR) is 102 cm³/mol. The van der Waals surface area contributed by atoms with Crippen molar-refractivity contribution in [3.8, 4) is 0 Å². The lowest BCUT2D eigenvalue weighted by atomic mass is 10.00. The van der Waals surface area contributed by atoms with Crippen molar-refractivity contribution >= 4 is 16.5 Å².